The number of methoxy groups -OCH3 is 1. The number of aliphatic imine (C=N–C) groups is 1. The smallest absolute Gasteiger partial charge is 0.168 e. The molecule has 0 bridgehead atoms. The van der Waals surface area contributed by atoms with Gasteiger partial charge in [-0.15, -0.1) is 0 Å². The fraction of sp³-hybridized carbons (Fsp3) is 0.400. The van der Waals surface area contributed by atoms with Crippen LogP contribution in [0.3, 0.4) is 0 Å². The van der Waals surface area contributed by atoms with Crippen molar-refractivity contribution in [2.24, 2.45) is 10.9 Å². The van der Waals surface area contributed by atoms with Gasteiger partial charge >= 0.3 is 0 Å². The minimum Gasteiger partial charge on any atom is -0.380 e. The van der Waals surface area contributed by atoms with Crippen LogP contribution in [-0.2, 0) is 9.53 Å². The highest BCUT2D eigenvalue weighted by Gasteiger charge is 2.12. The van der Waals surface area contributed by atoms with E-state index in [1.54, 1.807) is 19.3 Å². The van der Waals surface area contributed by atoms with Crippen molar-refractivity contribution < 1.29 is 9.53 Å². The average molecular weight is 214 g/mol. The number of aldehydes is 1. The van der Waals surface area contributed by atoms with Crippen LogP contribution >= 0.6 is 11.6 Å². The SMILES string of the molecule is COCC1=CC(Cl)=NC(C=O)=CC1C. The van der Waals surface area contributed by atoms with Crippen LogP contribution in [-0.4, -0.2) is 25.2 Å². The summed E-state index contributed by atoms with van der Waals surface area (Å²) in [6, 6.07) is 0. The summed E-state index contributed by atoms with van der Waals surface area (Å²) in [5.41, 5.74) is 1.38. The highest BCUT2D eigenvalue weighted by molar-refractivity contribution is 6.68. The first-order valence-electron chi connectivity index (χ1n) is 4.28. The molecule has 0 radical (unpaired) electrons. The second kappa shape index (κ2) is 5.08. The molecule has 0 fully saturated rings. The van der Waals surface area contributed by atoms with Crippen molar-refractivity contribution in [1.82, 2.24) is 0 Å². The number of carbonyl (C=O) groups is 1. The van der Waals surface area contributed by atoms with Gasteiger partial charge in [0.05, 0.1) is 6.61 Å². The van der Waals surface area contributed by atoms with E-state index in [-0.39, 0.29) is 5.92 Å². The van der Waals surface area contributed by atoms with Gasteiger partial charge in [-0.25, -0.2) is 4.99 Å². The normalized spacial score (nSPS) is 21.9. The van der Waals surface area contributed by atoms with Crippen LogP contribution in [0.1, 0.15) is 6.92 Å². The summed E-state index contributed by atoms with van der Waals surface area (Å²) >= 11 is 5.81. The van der Waals surface area contributed by atoms with Gasteiger partial charge in [-0.3, -0.25) is 4.79 Å². The summed E-state index contributed by atoms with van der Waals surface area (Å²) in [6.07, 6.45) is 4.21. The molecular weight excluding hydrogens is 202 g/mol. The second-order valence-electron chi connectivity index (χ2n) is 3.08. The standard InChI is InChI=1S/C10H12ClNO2/c1-7-3-9(5-13)12-10(11)4-8(7)6-14-2/h3-5,7H,6H2,1-2H3. The van der Waals surface area contributed by atoms with E-state index in [1.165, 1.54) is 0 Å². The zero-order valence-electron chi connectivity index (χ0n) is 8.16. The summed E-state index contributed by atoms with van der Waals surface area (Å²) < 4.78 is 5.02. The Kier molecular flexibility index (Phi) is 4.04. The molecule has 0 aromatic heterocycles. The summed E-state index contributed by atoms with van der Waals surface area (Å²) in [4.78, 5) is 14.5. The van der Waals surface area contributed by atoms with Crippen LogP contribution in [0.5, 0.6) is 0 Å². The van der Waals surface area contributed by atoms with Crippen molar-refractivity contribution in [2.75, 3.05) is 13.7 Å². The Bertz CT molecular complexity index is 318. The zero-order valence-corrected chi connectivity index (χ0v) is 8.91. The third-order valence-electron chi connectivity index (χ3n) is 1.98. The van der Waals surface area contributed by atoms with Crippen LogP contribution < -0.4 is 0 Å². The fourth-order valence-corrected chi connectivity index (χ4v) is 1.48. The molecule has 0 saturated carbocycles. The third-order valence-corrected chi connectivity index (χ3v) is 2.17. The van der Waals surface area contributed by atoms with Gasteiger partial charge in [0.15, 0.2) is 6.29 Å². The number of allylic oxidation sites excluding steroid dienone is 3. The Morgan fingerprint density at radius 1 is 1.71 bits per heavy atom. The number of carbonyl (C=O) groups excluding carboxylic acids is 1. The molecule has 0 saturated heterocycles. The van der Waals surface area contributed by atoms with Gasteiger partial charge < -0.3 is 4.74 Å². The van der Waals surface area contributed by atoms with Crippen molar-refractivity contribution in [3.05, 3.63) is 23.4 Å². The zero-order chi connectivity index (χ0) is 10.6. The lowest BCUT2D eigenvalue weighted by atomic mass is 10.0. The van der Waals surface area contributed by atoms with Gasteiger partial charge in [0, 0.05) is 13.0 Å². The van der Waals surface area contributed by atoms with E-state index in [0.717, 1.165) is 5.57 Å². The van der Waals surface area contributed by atoms with Crippen LogP contribution in [0, 0.1) is 5.92 Å². The maximum absolute atomic E-state index is 10.6. The molecule has 14 heavy (non-hydrogen) atoms. The van der Waals surface area contributed by atoms with Crippen LogP contribution in [0.2, 0.25) is 0 Å². The minimum absolute atomic E-state index is 0.121. The molecule has 1 aliphatic heterocycles. The first-order valence-corrected chi connectivity index (χ1v) is 4.65. The first-order chi connectivity index (χ1) is 6.67. The monoisotopic (exact) mass is 213 g/mol. The average Bonchev–Trinajstić information content (AvgIpc) is 2.27. The van der Waals surface area contributed by atoms with E-state index in [1.807, 2.05) is 6.92 Å². The summed E-state index contributed by atoms with van der Waals surface area (Å²) in [5.74, 6) is 0.121. The molecule has 1 heterocycles. The molecule has 0 amide bonds. The lowest BCUT2D eigenvalue weighted by molar-refractivity contribution is -0.104. The van der Waals surface area contributed by atoms with E-state index >= 15 is 0 Å². The number of rotatable bonds is 3. The number of ether oxygens (including phenoxy) is 1. The molecule has 3 nitrogen and oxygen atoms in total. The number of halogens is 1. The van der Waals surface area contributed by atoms with E-state index in [2.05, 4.69) is 4.99 Å². The van der Waals surface area contributed by atoms with Crippen LogP contribution in [0.25, 0.3) is 0 Å². The molecule has 1 atom stereocenters. The molecule has 1 rings (SSSR count). The number of hydrogen-bond donors (Lipinski definition) is 0. The van der Waals surface area contributed by atoms with Gasteiger partial charge in [-0.1, -0.05) is 18.5 Å². The molecule has 4 heteroatoms. The van der Waals surface area contributed by atoms with Crippen molar-refractivity contribution in [1.29, 1.82) is 0 Å². The van der Waals surface area contributed by atoms with Gasteiger partial charge in [0.25, 0.3) is 0 Å². The predicted molar refractivity (Wildman–Crippen MR) is 56.6 cm³/mol. The lowest BCUT2D eigenvalue weighted by Gasteiger charge is -2.09. The quantitative estimate of drug-likeness (QED) is 0.672. The highest BCUT2D eigenvalue weighted by Crippen LogP contribution is 2.19. The van der Waals surface area contributed by atoms with E-state index in [4.69, 9.17) is 16.3 Å². The molecule has 0 aliphatic carbocycles. The van der Waals surface area contributed by atoms with Crippen molar-refractivity contribution in [3.63, 3.8) is 0 Å². The third kappa shape index (κ3) is 2.79. The second-order valence-corrected chi connectivity index (χ2v) is 3.47. The summed E-state index contributed by atoms with van der Waals surface area (Å²) in [7, 11) is 1.62. The van der Waals surface area contributed by atoms with Gasteiger partial charge in [-0.05, 0) is 17.7 Å². The molecule has 0 aromatic carbocycles. The van der Waals surface area contributed by atoms with Gasteiger partial charge in [-0.2, -0.15) is 0 Å². The largest absolute Gasteiger partial charge is 0.380 e. The maximum Gasteiger partial charge on any atom is 0.168 e. The molecule has 0 aromatic rings. The molecule has 0 spiro atoms. The highest BCUT2D eigenvalue weighted by atomic mass is 35.5. The van der Waals surface area contributed by atoms with Gasteiger partial charge in [0.2, 0.25) is 0 Å². The van der Waals surface area contributed by atoms with Gasteiger partial charge in [0.1, 0.15) is 10.9 Å². The molecular formula is C10H12ClNO2. The Balaban J connectivity index is 2.97. The Morgan fingerprint density at radius 2 is 2.43 bits per heavy atom. The lowest BCUT2D eigenvalue weighted by Crippen LogP contribution is -2.03. The van der Waals surface area contributed by atoms with Crippen molar-refractivity contribution in [3.8, 4) is 0 Å². The minimum atomic E-state index is 0.121. The summed E-state index contributed by atoms with van der Waals surface area (Å²) in [6.45, 7) is 2.47. The number of hydrogen-bond acceptors (Lipinski definition) is 3. The molecule has 76 valence electrons. The first kappa shape index (κ1) is 11.1. The molecule has 0 N–H and O–H groups in total. The Morgan fingerprint density at radius 3 is 3.00 bits per heavy atom. The van der Waals surface area contributed by atoms with E-state index in [0.29, 0.717) is 23.8 Å². The fourth-order valence-electron chi connectivity index (χ4n) is 1.25. The van der Waals surface area contributed by atoms with E-state index in [9.17, 15) is 4.79 Å². The molecule has 1 unspecified atom stereocenters. The van der Waals surface area contributed by atoms with Crippen molar-refractivity contribution in [2.45, 2.75) is 6.92 Å². The molecule has 1 aliphatic rings. The summed E-state index contributed by atoms with van der Waals surface area (Å²) in [5, 5.41) is 0.319. The Labute approximate surface area is 88.1 Å². The number of nitrogens with zero attached hydrogens (tertiary/aromatic N) is 1. The van der Waals surface area contributed by atoms with Crippen molar-refractivity contribution >= 4 is 23.1 Å². The van der Waals surface area contributed by atoms with Crippen LogP contribution in [0.15, 0.2) is 28.4 Å². The van der Waals surface area contributed by atoms with E-state index < -0.39 is 0 Å². The Hall–Kier alpha value is -0.930. The van der Waals surface area contributed by atoms with Crippen LogP contribution in [0.4, 0.5) is 0 Å². The predicted octanol–water partition coefficient (Wildman–Crippen LogP) is 1.93. The topological polar surface area (TPSA) is 38.7 Å². The maximum atomic E-state index is 10.6.